The van der Waals surface area contributed by atoms with Crippen molar-refractivity contribution in [3.05, 3.63) is 118 Å². The number of fused-ring (bicyclic) bond motifs is 1. The van der Waals surface area contributed by atoms with Crippen LogP contribution in [0, 0.1) is 25.5 Å². The number of likely N-dealkylation sites (tertiary alicyclic amines) is 1. The van der Waals surface area contributed by atoms with Gasteiger partial charge in [0.25, 0.3) is 6.43 Å². The number of alkyl halides is 2. The van der Waals surface area contributed by atoms with Gasteiger partial charge in [-0.1, -0.05) is 48.5 Å². The number of amides is 2. The minimum absolute atomic E-state index is 0.114. The molecule has 280 valence electrons. The molecule has 2 saturated heterocycles. The van der Waals surface area contributed by atoms with Crippen LogP contribution in [0.15, 0.2) is 66.9 Å². The second-order valence-corrected chi connectivity index (χ2v) is 14.7. The number of anilines is 1. The Hall–Kier alpha value is -5.23. The van der Waals surface area contributed by atoms with Crippen molar-refractivity contribution in [2.45, 2.75) is 83.7 Å². The third kappa shape index (κ3) is 7.19. The van der Waals surface area contributed by atoms with E-state index in [2.05, 4.69) is 37.6 Å². The highest BCUT2D eigenvalue weighted by Crippen LogP contribution is 2.39. The van der Waals surface area contributed by atoms with Crippen LogP contribution < -0.4 is 10.6 Å². The van der Waals surface area contributed by atoms with Crippen molar-refractivity contribution in [3.63, 3.8) is 0 Å². The Balaban J connectivity index is 1.05. The zero-order valence-corrected chi connectivity index (χ0v) is 30.6. The lowest BCUT2D eigenvalue weighted by Crippen LogP contribution is -2.50. The first-order valence-electron chi connectivity index (χ1n) is 18.2. The molecule has 0 spiro atoms. The van der Waals surface area contributed by atoms with E-state index in [4.69, 9.17) is 4.98 Å². The number of carbonyl (C=O) groups is 2. The maximum absolute atomic E-state index is 15.8. The number of hydrogen-bond acceptors (Lipinski definition) is 7. The van der Waals surface area contributed by atoms with Crippen LogP contribution in [-0.2, 0) is 21.5 Å². The van der Waals surface area contributed by atoms with Crippen LogP contribution in [0.1, 0.15) is 97.1 Å². The van der Waals surface area contributed by atoms with Crippen molar-refractivity contribution < 1.29 is 27.2 Å². The predicted octanol–water partition coefficient (Wildman–Crippen LogP) is 8.77. The molecule has 12 heteroatoms. The Kier molecular flexibility index (Phi) is 10.2. The van der Waals surface area contributed by atoms with Gasteiger partial charge in [-0.15, -0.1) is 0 Å². The van der Waals surface area contributed by atoms with E-state index >= 15 is 4.39 Å². The van der Waals surface area contributed by atoms with Crippen LogP contribution in [0.2, 0.25) is 0 Å². The Morgan fingerprint density at radius 1 is 0.963 bits per heavy atom. The molecule has 8 nitrogen and oxygen atoms in total. The standard InChI is InChI=1S/C42H42F4N6O2/c1-23-29(11-12-33(37(23)43)42(4)16-13-36(53)51-41(42)54)27-14-17-52(18-15-27)22-26-7-5-8-28(19-26)34-20-32-35(21-47-34)49-25(3)50-40(32)48-24(2)30-9-6-10-31(38(30)44)39(45)46/h5-12,19-21,24,27,39H,13-18,22H2,1-4H3,(H,48,49,50)(H,51,53,54)/t24-,42-/m1/s1. The van der Waals surface area contributed by atoms with E-state index < -0.39 is 35.2 Å². The van der Waals surface area contributed by atoms with Crippen LogP contribution in [0.3, 0.4) is 0 Å². The van der Waals surface area contributed by atoms with E-state index in [1.54, 1.807) is 40.0 Å². The number of aromatic nitrogens is 3. The molecular formula is C42H42F4N6O2. The summed E-state index contributed by atoms with van der Waals surface area (Å²) in [4.78, 5) is 40.6. The average Bonchev–Trinajstić information content (AvgIpc) is 3.14. The molecule has 7 rings (SSSR count). The fourth-order valence-electron chi connectivity index (χ4n) is 7.89. The zero-order chi connectivity index (χ0) is 38.3. The Labute approximate surface area is 311 Å². The van der Waals surface area contributed by atoms with Crippen LogP contribution in [0.5, 0.6) is 0 Å². The minimum Gasteiger partial charge on any atom is -0.363 e. The number of rotatable bonds is 9. The summed E-state index contributed by atoms with van der Waals surface area (Å²) in [7, 11) is 0. The van der Waals surface area contributed by atoms with Crippen LogP contribution >= 0.6 is 0 Å². The largest absolute Gasteiger partial charge is 0.363 e. The van der Waals surface area contributed by atoms with Gasteiger partial charge in [-0.2, -0.15) is 0 Å². The number of nitrogens with zero attached hydrogens (tertiary/aromatic N) is 4. The van der Waals surface area contributed by atoms with Crippen molar-refractivity contribution in [2.24, 2.45) is 0 Å². The summed E-state index contributed by atoms with van der Waals surface area (Å²) in [6.07, 6.45) is 0.938. The molecule has 2 aliphatic rings. The molecule has 0 unspecified atom stereocenters. The van der Waals surface area contributed by atoms with E-state index in [1.165, 1.54) is 12.1 Å². The third-order valence-electron chi connectivity index (χ3n) is 11.1. The average molecular weight is 739 g/mol. The lowest BCUT2D eigenvalue weighted by Gasteiger charge is -2.35. The number of hydrogen-bond donors (Lipinski definition) is 2. The number of halogens is 4. The van der Waals surface area contributed by atoms with Gasteiger partial charge in [-0.3, -0.25) is 24.8 Å². The molecule has 2 N–H and O–H groups in total. The summed E-state index contributed by atoms with van der Waals surface area (Å²) in [5.74, 6) is -0.964. The molecule has 5 aromatic rings. The van der Waals surface area contributed by atoms with Crippen molar-refractivity contribution in [1.82, 2.24) is 25.2 Å². The van der Waals surface area contributed by atoms with Crippen LogP contribution in [-0.4, -0.2) is 44.8 Å². The van der Waals surface area contributed by atoms with E-state index in [-0.39, 0.29) is 36.0 Å². The second-order valence-electron chi connectivity index (χ2n) is 14.7. The summed E-state index contributed by atoms with van der Waals surface area (Å²) in [6, 6.07) is 17.1. The molecule has 2 aliphatic heterocycles. The highest BCUT2D eigenvalue weighted by atomic mass is 19.3. The molecule has 2 amide bonds. The lowest BCUT2D eigenvalue weighted by molar-refractivity contribution is -0.137. The van der Waals surface area contributed by atoms with Crippen molar-refractivity contribution in [1.29, 1.82) is 0 Å². The predicted molar refractivity (Wildman–Crippen MR) is 199 cm³/mol. The molecule has 2 fully saturated rings. The number of imide groups is 1. The summed E-state index contributed by atoms with van der Waals surface area (Å²) < 4.78 is 57.6. The Bertz CT molecular complexity index is 2260. The monoisotopic (exact) mass is 738 g/mol. The molecule has 0 saturated carbocycles. The van der Waals surface area contributed by atoms with Gasteiger partial charge in [0.2, 0.25) is 11.8 Å². The molecule has 2 atom stereocenters. The molecule has 54 heavy (non-hydrogen) atoms. The first-order chi connectivity index (χ1) is 25.8. The van der Waals surface area contributed by atoms with Gasteiger partial charge < -0.3 is 5.32 Å². The molecule has 3 aromatic carbocycles. The number of benzene rings is 3. The third-order valence-corrected chi connectivity index (χ3v) is 11.1. The SMILES string of the molecule is Cc1nc(N[C@H](C)c2cccc(C(F)F)c2F)c2cc(-c3cccc(CN4CCC(c5ccc([C@@]6(C)CCC(=O)NC6=O)c(F)c5C)CC4)c3)ncc2n1. The highest BCUT2D eigenvalue weighted by Gasteiger charge is 2.42. The van der Waals surface area contributed by atoms with Gasteiger partial charge in [0, 0.05) is 35.0 Å². The number of piperidine rings is 2. The Morgan fingerprint density at radius 3 is 2.44 bits per heavy atom. The first-order valence-corrected chi connectivity index (χ1v) is 18.2. The summed E-state index contributed by atoms with van der Waals surface area (Å²) in [6.45, 7) is 9.31. The van der Waals surface area contributed by atoms with E-state index in [0.29, 0.717) is 39.4 Å². The van der Waals surface area contributed by atoms with Crippen molar-refractivity contribution in [2.75, 3.05) is 18.4 Å². The normalized spacial score (nSPS) is 19.0. The molecule has 0 radical (unpaired) electrons. The first kappa shape index (κ1) is 37.1. The second kappa shape index (κ2) is 14.9. The number of carbonyl (C=O) groups excluding carboxylic acids is 2. The number of pyridine rings is 1. The fraction of sp³-hybridized carbons (Fsp3) is 0.357. The lowest BCUT2D eigenvalue weighted by atomic mass is 9.73. The minimum atomic E-state index is -2.92. The summed E-state index contributed by atoms with van der Waals surface area (Å²) in [5.41, 5.74) is 3.56. The van der Waals surface area contributed by atoms with Gasteiger partial charge >= 0.3 is 0 Å². The molecule has 4 heterocycles. The van der Waals surface area contributed by atoms with Gasteiger partial charge in [0.1, 0.15) is 23.3 Å². The van der Waals surface area contributed by atoms with Crippen molar-refractivity contribution in [3.8, 4) is 11.3 Å². The number of aryl methyl sites for hydroxylation is 1. The summed E-state index contributed by atoms with van der Waals surface area (Å²) in [5, 5.41) is 6.26. The van der Waals surface area contributed by atoms with E-state index in [1.807, 2.05) is 24.3 Å². The van der Waals surface area contributed by atoms with E-state index in [9.17, 15) is 22.8 Å². The molecular weight excluding hydrogens is 696 g/mol. The fourth-order valence-corrected chi connectivity index (χ4v) is 7.89. The maximum atomic E-state index is 15.8. The van der Waals surface area contributed by atoms with Gasteiger partial charge in [-0.25, -0.2) is 27.5 Å². The van der Waals surface area contributed by atoms with Crippen molar-refractivity contribution >= 4 is 28.5 Å². The number of nitrogens with one attached hydrogen (secondary N) is 2. The quantitative estimate of drug-likeness (QED) is 0.115. The molecule has 0 bridgehead atoms. The maximum Gasteiger partial charge on any atom is 0.266 e. The van der Waals surface area contributed by atoms with Crippen LogP contribution in [0.25, 0.3) is 22.2 Å². The molecule has 2 aromatic heterocycles. The van der Waals surface area contributed by atoms with Gasteiger partial charge in [0.05, 0.1) is 34.4 Å². The van der Waals surface area contributed by atoms with Crippen LogP contribution in [0.4, 0.5) is 23.4 Å². The summed E-state index contributed by atoms with van der Waals surface area (Å²) >= 11 is 0. The smallest absolute Gasteiger partial charge is 0.266 e. The zero-order valence-electron chi connectivity index (χ0n) is 30.6. The molecule has 0 aliphatic carbocycles. The highest BCUT2D eigenvalue weighted by molar-refractivity contribution is 6.03. The van der Waals surface area contributed by atoms with Gasteiger partial charge in [-0.05, 0) is 94.8 Å². The van der Waals surface area contributed by atoms with Gasteiger partial charge in [0.15, 0.2) is 0 Å². The topological polar surface area (TPSA) is 100 Å². The Morgan fingerprint density at radius 2 is 1.70 bits per heavy atom. The van der Waals surface area contributed by atoms with E-state index in [0.717, 1.165) is 55.2 Å².